The molecule has 0 radical (unpaired) electrons. The second-order valence-electron chi connectivity index (χ2n) is 8.06. The monoisotopic (exact) mass is 498 g/mol. The standard InChI is InChI=1S/C27H26N6O4/c1-5-24(36)37-23-16-10-20(11-17-23)33(4)27-29-25(31(2)18-6-12-21(34)13-7-18)28-26(30-27)32(3)19-8-14-22(35)15-9-19/h5-17,34-35H,1H2,2-4H3. The lowest BCUT2D eigenvalue weighted by atomic mass is 10.3. The van der Waals surface area contributed by atoms with E-state index in [0.29, 0.717) is 23.6 Å². The minimum atomic E-state index is -0.539. The van der Waals surface area contributed by atoms with Crippen molar-refractivity contribution in [3.63, 3.8) is 0 Å². The first-order chi connectivity index (χ1) is 17.7. The molecule has 10 nitrogen and oxygen atoms in total. The molecule has 0 amide bonds. The predicted octanol–water partition coefficient (Wildman–Crippen LogP) is 4.68. The number of hydrogen-bond acceptors (Lipinski definition) is 10. The highest BCUT2D eigenvalue weighted by Crippen LogP contribution is 2.30. The Morgan fingerprint density at radius 2 is 1.00 bits per heavy atom. The van der Waals surface area contributed by atoms with Crippen molar-refractivity contribution in [1.29, 1.82) is 0 Å². The number of phenolic OH excluding ortho intramolecular Hbond substituents is 2. The molecule has 0 aliphatic heterocycles. The molecule has 0 saturated heterocycles. The number of anilines is 6. The molecule has 4 aromatic rings. The van der Waals surface area contributed by atoms with Crippen molar-refractivity contribution in [3.8, 4) is 17.2 Å². The molecule has 2 N–H and O–H groups in total. The van der Waals surface area contributed by atoms with E-state index in [1.807, 2.05) is 21.1 Å². The van der Waals surface area contributed by atoms with Crippen molar-refractivity contribution in [2.45, 2.75) is 0 Å². The summed E-state index contributed by atoms with van der Waals surface area (Å²) in [7, 11) is 5.45. The van der Waals surface area contributed by atoms with Crippen molar-refractivity contribution in [2.75, 3.05) is 35.8 Å². The fraction of sp³-hybridized carbons (Fsp3) is 0.111. The summed E-state index contributed by atoms with van der Waals surface area (Å²) < 4.78 is 5.15. The van der Waals surface area contributed by atoms with Crippen molar-refractivity contribution in [2.24, 2.45) is 0 Å². The number of aromatic nitrogens is 3. The summed E-state index contributed by atoms with van der Waals surface area (Å²) in [4.78, 5) is 30.9. The first-order valence-electron chi connectivity index (χ1n) is 11.2. The van der Waals surface area contributed by atoms with Crippen molar-refractivity contribution < 1.29 is 19.7 Å². The summed E-state index contributed by atoms with van der Waals surface area (Å²) in [5, 5.41) is 19.3. The largest absolute Gasteiger partial charge is 0.508 e. The van der Waals surface area contributed by atoms with Crippen LogP contribution in [0, 0.1) is 0 Å². The van der Waals surface area contributed by atoms with Gasteiger partial charge in [-0.1, -0.05) is 6.58 Å². The zero-order valence-corrected chi connectivity index (χ0v) is 20.6. The molecular formula is C27H26N6O4. The van der Waals surface area contributed by atoms with E-state index in [1.54, 1.807) is 87.5 Å². The maximum absolute atomic E-state index is 11.5. The van der Waals surface area contributed by atoms with Gasteiger partial charge >= 0.3 is 5.97 Å². The number of nitrogens with zero attached hydrogens (tertiary/aromatic N) is 6. The Bertz CT molecular complexity index is 1320. The lowest BCUT2D eigenvalue weighted by Crippen LogP contribution is -2.22. The SMILES string of the molecule is C=CC(=O)Oc1ccc(N(C)c2nc(N(C)c3ccc(O)cc3)nc(N(C)c3ccc(O)cc3)n2)cc1. The van der Waals surface area contributed by atoms with Gasteiger partial charge in [-0.2, -0.15) is 15.0 Å². The highest BCUT2D eigenvalue weighted by atomic mass is 16.5. The summed E-state index contributed by atoms with van der Waals surface area (Å²) in [6.45, 7) is 3.40. The minimum absolute atomic E-state index is 0.156. The van der Waals surface area contributed by atoms with Crippen molar-refractivity contribution >= 4 is 40.9 Å². The number of carbonyl (C=O) groups is 1. The van der Waals surface area contributed by atoms with Gasteiger partial charge in [0.05, 0.1) is 0 Å². The summed E-state index contributed by atoms with van der Waals surface area (Å²) in [5.41, 5.74) is 2.29. The van der Waals surface area contributed by atoms with E-state index in [9.17, 15) is 15.0 Å². The molecule has 0 fully saturated rings. The van der Waals surface area contributed by atoms with E-state index in [1.165, 1.54) is 0 Å². The number of phenols is 2. The van der Waals surface area contributed by atoms with Gasteiger partial charge in [-0.05, 0) is 72.8 Å². The van der Waals surface area contributed by atoms with Crippen molar-refractivity contribution in [3.05, 3.63) is 85.5 Å². The van der Waals surface area contributed by atoms with Gasteiger partial charge in [-0.15, -0.1) is 0 Å². The normalized spacial score (nSPS) is 10.5. The Labute approximate surface area is 214 Å². The number of carbonyl (C=O) groups excluding carboxylic acids is 1. The third-order valence-electron chi connectivity index (χ3n) is 5.58. The molecule has 0 spiro atoms. The molecule has 0 saturated carbocycles. The highest BCUT2D eigenvalue weighted by Gasteiger charge is 2.19. The summed E-state index contributed by atoms with van der Waals surface area (Å²) in [5.74, 6) is 1.28. The van der Waals surface area contributed by atoms with Crippen LogP contribution in [0.25, 0.3) is 0 Å². The molecule has 10 heteroatoms. The van der Waals surface area contributed by atoms with Crippen LogP contribution in [0.1, 0.15) is 0 Å². The van der Waals surface area contributed by atoms with Gasteiger partial charge in [0.25, 0.3) is 0 Å². The summed E-state index contributed by atoms with van der Waals surface area (Å²) in [6.07, 6.45) is 1.10. The van der Waals surface area contributed by atoms with Crippen molar-refractivity contribution in [1.82, 2.24) is 15.0 Å². The van der Waals surface area contributed by atoms with E-state index in [-0.39, 0.29) is 11.5 Å². The van der Waals surface area contributed by atoms with Crippen LogP contribution in [0.2, 0.25) is 0 Å². The smallest absolute Gasteiger partial charge is 0.335 e. The maximum atomic E-state index is 11.5. The highest BCUT2D eigenvalue weighted by molar-refractivity contribution is 5.83. The number of ether oxygens (including phenoxy) is 1. The molecule has 0 aliphatic rings. The van der Waals surface area contributed by atoms with Crippen LogP contribution < -0.4 is 19.4 Å². The Morgan fingerprint density at radius 1 is 0.676 bits per heavy atom. The van der Waals surface area contributed by atoms with Gasteiger partial charge in [-0.25, -0.2) is 4.79 Å². The Kier molecular flexibility index (Phi) is 7.19. The van der Waals surface area contributed by atoms with E-state index in [0.717, 1.165) is 23.1 Å². The number of esters is 1. The van der Waals surface area contributed by atoms with Crippen LogP contribution in [0.15, 0.2) is 85.5 Å². The third kappa shape index (κ3) is 5.76. The topological polar surface area (TPSA) is 115 Å². The number of rotatable bonds is 8. The predicted molar refractivity (Wildman–Crippen MR) is 143 cm³/mol. The molecule has 0 unspecified atom stereocenters. The maximum Gasteiger partial charge on any atom is 0.335 e. The van der Waals surface area contributed by atoms with E-state index >= 15 is 0 Å². The number of benzene rings is 3. The minimum Gasteiger partial charge on any atom is -0.508 e. The second-order valence-corrected chi connectivity index (χ2v) is 8.06. The molecule has 4 rings (SSSR count). The molecule has 37 heavy (non-hydrogen) atoms. The number of hydrogen-bond donors (Lipinski definition) is 2. The first-order valence-corrected chi connectivity index (χ1v) is 11.2. The molecule has 1 heterocycles. The summed E-state index contributed by atoms with van der Waals surface area (Å²) >= 11 is 0. The van der Waals surface area contributed by atoms with Gasteiger partial charge in [0, 0.05) is 44.3 Å². The van der Waals surface area contributed by atoms with Gasteiger partial charge in [0.2, 0.25) is 17.8 Å². The molecular weight excluding hydrogens is 472 g/mol. The zero-order valence-electron chi connectivity index (χ0n) is 20.6. The molecule has 0 aliphatic carbocycles. The van der Waals surface area contributed by atoms with Crippen LogP contribution in [0.4, 0.5) is 34.9 Å². The van der Waals surface area contributed by atoms with Crippen LogP contribution in [0.5, 0.6) is 17.2 Å². The average Bonchev–Trinajstić information content (AvgIpc) is 2.92. The van der Waals surface area contributed by atoms with Crippen LogP contribution in [0.3, 0.4) is 0 Å². The average molecular weight is 499 g/mol. The zero-order chi connectivity index (χ0) is 26.5. The first kappa shape index (κ1) is 25.0. The lowest BCUT2D eigenvalue weighted by molar-refractivity contribution is -0.128. The van der Waals surface area contributed by atoms with E-state index in [4.69, 9.17) is 4.74 Å². The third-order valence-corrected chi connectivity index (χ3v) is 5.58. The van der Waals surface area contributed by atoms with Gasteiger partial charge in [0.15, 0.2) is 0 Å². The molecule has 0 atom stereocenters. The van der Waals surface area contributed by atoms with Crippen LogP contribution in [-0.2, 0) is 4.79 Å². The fourth-order valence-electron chi connectivity index (χ4n) is 3.39. The molecule has 1 aromatic heterocycles. The van der Waals surface area contributed by atoms with Gasteiger partial charge < -0.3 is 29.6 Å². The van der Waals surface area contributed by atoms with Crippen LogP contribution in [-0.4, -0.2) is 52.3 Å². The molecule has 0 bridgehead atoms. The quantitative estimate of drug-likeness (QED) is 0.202. The molecule has 3 aromatic carbocycles. The Hall–Kier alpha value is -5.12. The number of aromatic hydroxyl groups is 2. The second kappa shape index (κ2) is 10.6. The summed E-state index contributed by atoms with van der Waals surface area (Å²) in [6, 6.07) is 20.3. The fourth-order valence-corrected chi connectivity index (χ4v) is 3.39. The Balaban J connectivity index is 1.73. The van der Waals surface area contributed by atoms with Crippen LogP contribution >= 0.6 is 0 Å². The molecule has 188 valence electrons. The lowest BCUT2D eigenvalue weighted by Gasteiger charge is -2.25. The van der Waals surface area contributed by atoms with E-state index in [2.05, 4.69) is 21.5 Å². The van der Waals surface area contributed by atoms with Gasteiger partial charge in [-0.3, -0.25) is 0 Å². The van der Waals surface area contributed by atoms with Gasteiger partial charge in [0.1, 0.15) is 17.2 Å². The van der Waals surface area contributed by atoms with E-state index < -0.39 is 5.97 Å². The Morgan fingerprint density at radius 3 is 1.32 bits per heavy atom.